The van der Waals surface area contributed by atoms with Gasteiger partial charge in [-0.05, 0) is 0 Å². The number of rotatable bonds is 2. The average molecular weight is 244 g/mol. The van der Waals surface area contributed by atoms with E-state index in [1.807, 2.05) is 30.3 Å². The zero-order chi connectivity index (χ0) is 11.8. The molecule has 0 atom stereocenters. The minimum absolute atomic E-state index is 0.0560. The number of carbonyl (C=O) groups is 1. The van der Waals surface area contributed by atoms with E-state index < -0.39 is 0 Å². The van der Waals surface area contributed by atoms with Gasteiger partial charge in [-0.1, -0.05) is 41.7 Å². The lowest BCUT2D eigenvalue weighted by molar-refractivity contribution is 0.101. The van der Waals surface area contributed by atoms with Crippen LogP contribution in [0.5, 0.6) is 0 Å². The van der Waals surface area contributed by atoms with Crippen LogP contribution in [-0.2, 0) is 0 Å². The number of nitrogens with zero attached hydrogens (tertiary/aromatic N) is 4. The SMILES string of the molecule is CC(=O)c1nn2c(-c3ccccc3)nnc2s1. The quantitative estimate of drug-likeness (QED) is 0.647. The van der Waals surface area contributed by atoms with E-state index in [-0.39, 0.29) is 5.78 Å². The van der Waals surface area contributed by atoms with E-state index in [1.165, 1.54) is 18.3 Å². The maximum Gasteiger partial charge on any atom is 0.235 e. The normalized spacial score (nSPS) is 10.9. The van der Waals surface area contributed by atoms with Crippen molar-refractivity contribution >= 4 is 22.1 Å². The fourth-order valence-electron chi connectivity index (χ4n) is 1.53. The van der Waals surface area contributed by atoms with Gasteiger partial charge < -0.3 is 0 Å². The molecule has 5 nitrogen and oxygen atoms in total. The summed E-state index contributed by atoms with van der Waals surface area (Å²) < 4.78 is 1.61. The van der Waals surface area contributed by atoms with Crippen LogP contribution in [0.1, 0.15) is 16.7 Å². The van der Waals surface area contributed by atoms with E-state index in [0.717, 1.165) is 5.56 Å². The Bertz CT molecular complexity index is 686. The summed E-state index contributed by atoms with van der Waals surface area (Å²) in [4.78, 5) is 11.9. The highest BCUT2D eigenvalue weighted by Crippen LogP contribution is 2.21. The van der Waals surface area contributed by atoms with Gasteiger partial charge in [-0.2, -0.15) is 4.52 Å². The first-order chi connectivity index (χ1) is 8.25. The maximum atomic E-state index is 11.2. The number of hydrogen-bond donors (Lipinski definition) is 0. The zero-order valence-corrected chi connectivity index (χ0v) is 9.81. The van der Waals surface area contributed by atoms with Crippen molar-refractivity contribution in [3.63, 3.8) is 0 Å². The van der Waals surface area contributed by atoms with Crippen molar-refractivity contribution in [1.29, 1.82) is 0 Å². The highest BCUT2D eigenvalue weighted by atomic mass is 32.1. The Kier molecular flexibility index (Phi) is 2.22. The zero-order valence-electron chi connectivity index (χ0n) is 8.99. The molecule has 0 unspecified atom stereocenters. The predicted octanol–water partition coefficient (Wildman–Crippen LogP) is 2.06. The van der Waals surface area contributed by atoms with E-state index >= 15 is 0 Å². The fraction of sp³-hybridized carbons (Fsp3) is 0.0909. The standard InChI is InChI=1S/C11H8N4OS/c1-7(16)10-14-15-9(12-13-11(15)17-10)8-5-3-2-4-6-8/h2-6H,1H3. The summed E-state index contributed by atoms with van der Waals surface area (Å²) in [7, 11) is 0. The van der Waals surface area contributed by atoms with Crippen LogP contribution in [0.3, 0.4) is 0 Å². The predicted molar refractivity (Wildman–Crippen MR) is 64.1 cm³/mol. The van der Waals surface area contributed by atoms with Gasteiger partial charge in [0.05, 0.1) is 0 Å². The smallest absolute Gasteiger partial charge is 0.235 e. The van der Waals surface area contributed by atoms with Crippen LogP contribution in [-0.4, -0.2) is 25.6 Å². The second-order valence-corrected chi connectivity index (χ2v) is 4.50. The van der Waals surface area contributed by atoms with Crippen LogP contribution in [0.15, 0.2) is 30.3 Å². The summed E-state index contributed by atoms with van der Waals surface area (Å²) >= 11 is 1.25. The van der Waals surface area contributed by atoms with Crippen LogP contribution >= 0.6 is 11.3 Å². The van der Waals surface area contributed by atoms with Crippen molar-refractivity contribution < 1.29 is 4.79 Å². The van der Waals surface area contributed by atoms with Crippen molar-refractivity contribution in [3.8, 4) is 11.4 Å². The molecule has 0 bridgehead atoms. The lowest BCUT2D eigenvalue weighted by Gasteiger charge is -1.94. The third kappa shape index (κ3) is 1.62. The molecule has 84 valence electrons. The molecule has 0 aliphatic rings. The van der Waals surface area contributed by atoms with Crippen LogP contribution < -0.4 is 0 Å². The third-order valence-corrected chi connectivity index (χ3v) is 3.32. The van der Waals surface area contributed by atoms with E-state index in [0.29, 0.717) is 15.8 Å². The molecule has 17 heavy (non-hydrogen) atoms. The lowest BCUT2D eigenvalue weighted by Crippen LogP contribution is -1.95. The van der Waals surface area contributed by atoms with E-state index in [1.54, 1.807) is 4.52 Å². The monoisotopic (exact) mass is 244 g/mol. The van der Waals surface area contributed by atoms with Crippen molar-refractivity contribution in [2.24, 2.45) is 0 Å². The fourth-order valence-corrected chi connectivity index (χ4v) is 2.26. The Labute approximate surface area is 101 Å². The van der Waals surface area contributed by atoms with E-state index in [4.69, 9.17) is 0 Å². The van der Waals surface area contributed by atoms with Gasteiger partial charge in [0.15, 0.2) is 16.6 Å². The van der Waals surface area contributed by atoms with Gasteiger partial charge in [0.25, 0.3) is 0 Å². The molecule has 0 aliphatic heterocycles. The summed E-state index contributed by atoms with van der Waals surface area (Å²) in [5.41, 5.74) is 0.931. The highest BCUT2D eigenvalue weighted by molar-refractivity contribution is 7.18. The van der Waals surface area contributed by atoms with E-state index in [2.05, 4.69) is 15.3 Å². The molecule has 6 heteroatoms. The Balaban J connectivity index is 2.21. The van der Waals surface area contributed by atoms with Gasteiger partial charge in [-0.3, -0.25) is 4.79 Å². The third-order valence-electron chi connectivity index (χ3n) is 2.32. The highest BCUT2D eigenvalue weighted by Gasteiger charge is 2.14. The largest absolute Gasteiger partial charge is 0.292 e. The topological polar surface area (TPSA) is 60.2 Å². The number of Topliss-reactive ketones (excluding diaryl/α,β-unsaturated/α-hetero) is 1. The van der Waals surface area contributed by atoms with Crippen LogP contribution in [0.4, 0.5) is 0 Å². The number of hydrogen-bond acceptors (Lipinski definition) is 5. The molecular weight excluding hydrogens is 236 g/mol. The molecule has 0 N–H and O–H groups in total. The molecule has 0 radical (unpaired) electrons. The molecule has 3 rings (SSSR count). The van der Waals surface area contributed by atoms with Crippen molar-refractivity contribution in [3.05, 3.63) is 35.3 Å². The first-order valence-corrected chi connectivity index (χ1v) is 5.86. The molecule has 0 aliphatic carbocycles. The number of ketones is 1. The second-order valence-electron chi connectivity index (χ2n) is 3.55. The van der Waals surface area contributed by atoms with Gasteiger partial charge >= 0.3 is 0 Å². The van der Waals surface area contributed by atoms with Crippen molar-refractivity contribution in [1.82, 2.24) is 19.8 Å². The van der Waals surface area contributed by atoms with Crippen molar-refractivity contribution in [2.75, 3.05) is 0 Å². The molecule has 2 heterocycles. The number of fused-ring (bicyclic) bond motifs is 1. The molecule has 0 saturated carbocycles. The summed E-state index contributed by atoms with van der Waals surface area (Å²) in [6.07, 6.45) is 0. The van der Waals surface area contributed by atoms with Gasteiger partial charge in [0.1, 0.15) is 0 Å². The summed E-state index contributed by atoms with van der Waals surface area (Å²) in [5, 5.41) is 12.8. The summed E-state index contributed by atoms with van der Waals surface area (Å²) in [6.45, 7) is 1.49. The Morgan fingerprint density at radius 3 is 2.71 bits per heavy atom. The first kappa shape index (κ1) is 10.1. The Hall–Kier alpha value is -2.08. The molecule has 1 aromatic carbocycles. The van der Waals surface area contributed by atoms with Crippen molar-refractivity contribution in [2.45, 2.75) is 6.92 Å². The first-order valence-electron chi connectivity index (χ1n) is 5.04. The molecule has 2 aromatic heterocycles. The van der Waals surface area contributed by atoms with Crippen LogP contribution in [0.25, 0.3) is 16.3 Å². The number of benzene rings is 1. The number of aromatic nitrogens is 4. The minimum atomic E-state index is -0.0560. The minimum Gasteiger partial charge on any atom is -0.292 e. The van der Waals surface area contributed by atoms with Gasteiger partial charge in [0, 0.05) is 12.5 Å². The Morgan fingerprint density at radius 1 is 1.24 bits per heavy atom. The molecule has 0 spiro atoms. The van der Waals surface area contributed by atoms with Gasteiger partial charge in [-0.15, -0.1) is 15.3 Å². The maximum absolute atomic E-state index is 11.2. The van der Waals surface area contributed by atoms with Gasteiger partial charge in [-0.25, -0.2) is 0 Å². The molecule has 0 fully saturated rings. The van der Waals surface area contributed by atoms with Crippen LogP contribution in [0, 0.1) is 0 Å². The average Bonchev–Trinajstić information content (AvgIpc) is 2.89. The molecule has 3 aromatic rings. The number of carbonyl (C=O) groups excluding carboxylic acids is 1. The lowest BCUT2D eigenvalue weighted by atomic mass is 10.2. The van der Waals surface area contributed by atoms with Crippen LogP contribution in [0.2, 0.25) is 0 Å². The summed E-state index contributed by atoms with van der Waals surface area (Å²) in [5.74, 6) is 0.601. The Morgan fingerprint density at radius 2 is 2.00 bits per heavy atom. The van der Waals surface area contributed by atoms with Gasteiger partial charge in [0.2, 0.25) is 4.96 Å². The molecule has 0 saturated heterocycles. The molecule has 0 amide bonds. The summed E-state index contributed by atoms with van der Waals surface area (Å²) in [6, 6.07) is 9.65. The van der Waals surface area contributed by atoms with E-state index in [9.17, 15) is 4.79 Å². The molecular formula is C11H8N4OS. The second kappa shape index (κ2) is 3.74.